The van der Waals surface area contributed by atoms with E-state index in [4.69, 9.17) is 11.6 Å². The predicted molar refractivity (Wildman–Crippen MR) is 80.5 cm³/mol. The number of halogens is 2. The van der Waals surface area contributed by atoms with Gasteiger partial charge in [-0.3, -0.25) is 0 Å². The van der Waals surface area contributed by atoms with E-state index >= 15 is 0 Å². The summed E-state index contributed by atoms with van der Waals surface area (Å²) < 4.78 is 13.4. The molecule has 0 aliphatic rings. The molecule has 1 heterocycles. The van der Waals surface area contributed by atoms with Crippen molar-refractivity contribution in [2.24, 2.45) is 0 Å². The second-order valence-corrected chi connectivity index (χ2v) is 5.70. The molecule has 0 saturated carbocycles. The van der Waals surface area contributed by atoms with Crippen molar-refractivity contribution in [2.45, 2.75) is 25.8 Å². The van der Waals surface area contributed by atoms with Crippen LogP contribution in [0.4, 0.5) is 4.39 Å². The quantitative estimate of drug-likeness (QED) is 0.806. The Kier molecular flexibility index (Phi) is 5.37. The lowest BCUT2D eigenvalue weighted by molar-refractivity contribution is 0.525. The predicted octanol–water partition coefficient (Wildman–Crippen LogP) is 4.82. The highest BCUT2D eigenvalue weighted by molar-refractivity contribution is 7.07. The molecule has 2 rings (SSSR count). The first kappa shape index (κ1) is 14.5. The smallest absolute Gasteiger partial charge is 0.123 e. The van der Waals surface area contributed by atoms with Gasteiger partial charge in [0.2, 0.25) is 0 Å². The Hall–Kier alpha value is -0.900. The highest BCUT2D eigenvalue weighted by Gasteiger charge is 2.15. The van der Waals surface area contributed by atoms with Gasteiger partial charge in [-0.15, -0.1) is 0 Å². The van der Waals surface area contributed by atoms with Crippen LogP contribution in [0.25, 0.3) is 0 Å². The van der Waals surface area contributed by atoms with Gasteiger partial charge in [0.25, 0.3) is 0 Å². The van der Waals surface area contributed by atoms with Crippen LogP contribution in [0.1, 0.15) is 30.5 Å². The van der Waals surface area contributed by atoms with Crippen LogP contribution in [0.3, 0.4) is 0 Å². The molecule has 4 heteroatoms. The Bertz CT molecular complexity index is 513. The van der Waals surface area contributed by atoms with Crippen molar-refractivity contribution in [3.63, 3.8) is 0 Å². The molecule has 1 atom stereocenters. The zero-order chi connectivity index (χ0) is 13.7. The lowest BCUT2D eigenvalue weighted by Crippen LogP contribution is -2.24. The van der Waals surface area contributed by atoms with Crippen LogP contribution < -0.4 is 5.32 Å². The van der Waals surface area contributed by atoms with Crippen molar-refractivity contribution in [3.8, 4) is 0 Å². The second kappa shape index (κ2) is 7.04. The van der Waals surface area contributed by atoms with E-state index in [0.717, 1.165) is 24.9 Å². The number of thiophene rings is 1. The van der Waals surface area contributed by atoms with E-state index in [-0.39, 0.29) is 11.9 Å². The molecule has 0 amide bonds. The van der Waals surface area contributed by atoms with Crippen LogP contribution >= 0.6 is 22.9 Å². The van der Waals surface area contributed by atoms with Crippen molar-refractivity contribution in [3.05, 3.63) is 57.0 Å². The average Bonchev–Trinajstić information content (AvgIpc) is 2.90. The second-order valence-electron chi connectivity index (χ2n) is 4.51. The summed E-state index contributed by atoms with van der Waals surface area (Å²) >= 11 is 7.88. The van der Waals surface area contributed by atoms with Gasteiger partial charge in [-0.2, -0.15) is 11.3 Å². The molecule has 0 bridgehead atoms. The van der Waals surface area contributed by atoms with Crippen molar-refractivity contribution in [1.29, 1.82) is 0 Å². The number of nitrogens with one attached hydrogen (secondary N) is 1. The summed E-state index contributed by atoms with van der Waals surface area (Å²) in [4.78, 5) is 0. The number of hydrogen-bond acceptors (Lipinski definition) is 2. The van der Waals surface area contributed by atoms with Crippen molar-refractivity contribution in [2.75, 3.05) is 6.54 Å². The third kappa shape index (κ3) is 4.03. The summed E-state index contributed by atoms with van der Waals surface area (Å²) in [6.45, 7) is 3.00. The number of rotatable bonds is 6. The Morgan fingerprint density at radius 2 is 2.21 bits per heavy atom. The Labute approximate surface area is 122 Å². The fourth-order valence-electron chi connectivity index (χ4n) is 2.04. The van der Waals surface area contributed by atoms with E-state index < -0.39 is 0 Å². The minimum Gasteiger partial charge on any atom is -0.310 e. The fraction of sp³-hybridized carbons (Fsp3) is 0.333. The molecule has 1 aromatic heterocycles. The minimum atomic E-state index is -0.243. The van der Waals surface area contributed by atoms with Gasteiger partial charge in [0.05, 0.1) is 0 Å². The van der Waals surface area contributed by atoms with Gasteiger partial charge in [0, 0.05) is 11.1 Å². The highest BCUT2D eigenvalue weighted by Crippen LogP contribution is 2.27. The third-order valence-electron chi connectivity index (χ3n) is 2.99. The normalized spacial score (nSPS) is 12.6. The van der Waals surface area contributed by atoms with E-state index in [2.05, 4.69) is 29.1 Å². The van der Waals surface area contributed by atoms with Gasteiger partial charge in [-0.05, 0) is 65.5 Å². The van der Waals surface area contributed by atoms with Crippen molar-refractivity contribution >= 4 is 22.9 Å². The van der Waals surface area contributed by atoms with Gasteiger partial charge in [0.1, 0.15) is 5.82 Å². The van der Waals surface area contributed by atoms with Gasteiger partial charge in [-0.1, -0.05) is 18.5 Å². The maximum Gasteiger partial charge on any atom is 0.123 e. The van der Waals surface area contributed by atoms with E-state index in [0.29, 0.717) is 5.02 Å². The Morgan fingerprint density at radius 3 is 2.89 bits per heavy atom. The molecular weight excluding hydrogens is 281 g/mol. The van der Waals surface area contributed by atoms with Gasteiger partial charge in [0.15, 0.2) is 0 Å². The summed E-state index contributed by atoms with van der Waals surface area (Å²) in [5, 5.41) is 8.24. The summed E-state index contributed by atoms with van der Waals surface area (Å²) in [6, 6.07) is 6.70. The highest BCUT2D eigenvalue weighted by atomic mass is 35.5. The Balaban J connectivity index is 2.23. The molecular formula is C15H17ClFNS. The first-order valence-corrected chi connectivity index (χ1v) is 7.72. The Morgan fingerprint density at radius 1 is 1.37 bits per heavy atom. The number of hydrogen-bond donors (Lipinski definition) is 1. The third-order valence-corrected chi connectivity index (χ3v) is 4.07. The minimum absolute atomic E-state index is 0.0535. The maximum absolute atomic E-state index is 13.4. The molecule has 19 heavy (non-hydrogen) atoms. The van der Waals surface area contributed by atoms with Crippen LogP contribution in [0.5, 0.6) is 0 Å². The zero-order valence-electron chi connectivity index (χ0n) is 10.8. The van der Waals surface area contributed by atoms with Crippen LogP contribution in [0.2, 0.25) is 5.02 Å². The molecule has 0 aliphatic heterocycles. The van der Waals surface area contributed by atoms with E-state index in [1.54, 1.807) is 17.4 Å². The molecule has 1 aromatic carbocycles. The average molecular weight is 298 g/mol. The first-order valence-electron chi connectivity index (χ1n) is 6.40. The summed E-state index contributed by atoms with van der Waals surface area (Å²) in [5.74, 6) is -0.243. The largest absolute Gasteiger partial charge is 0.310 e. The molecule has 0 fully saturated rings. The lowest BCUT2D eigenvalue weighted by Gasteiger charge is -2.20. The topological polar surface area (TPSA) is 12.0 Å². The van der Waals surface area contributed by atoms with Crippen molar-refractivity contribution < 1.29 is 4.39 Å². The van der Waals surface area contributed by atoms with Crippen LogP contribution in [0.15, 0.2) is 35.0 Å². The van der Waals surface area contributed by atoms with Crippen LogP contribution in [0, 0.1) is 5.82 Å². The molecule has 0 aliphatic carbocycles. The molecule has 2 aromatic rings. The van der Waals surface area contributed by atoms with Gasteiger partial charge in [-0.25, -0.2) is 4.39 Å². The summed E-state index contributed by atoms with van der Waals surface area (Å²) in [6.07, 6.45) is 1.86. The first-order chi connectivity index (χ1) is 9.20. The molecule has 1 nitrogen and oxygen atoms in total. The molecule has 0 saturated heterocycles. The standard InChI is InChI=1S/C15H17ClFNS/c1-2-6-18-15(8-11-5-7-19-10-11)13-9-12(17)3-4-14(13)16/h3-5,7,9-10,15,18H,2,6,8H2,1H3. The fourth-order valence-corrected chi connectivity index (χ4v) is 2.97. The van der Waals surface area contributed by atoms with Gasteiger partial charge >= 0.3 is 0 Å². The molecule has 1 unspecified atom stereocenters. The zero-order valence-corrected chi connectivity index (χ0v) is 12.4. The summed E-state index contributed by atoms with van der Waals surface area (Å²) in [7, 11) is 0. The molecule has 0 radical (unpaired) electrons. The number of benzene rings is 1. The van der Waals surface area contributed by atoms with Crippen LogP contribution in [-0.4, -0.2) is 6.54 Å². The monoisotopic (exact) mass is 297 g/mol. The van der Waals surface area contributed by atoms with E-state index in [1.807, 2.05) is 0 Å². The lowest BCUT2D eigenvalue weighted by atomic mass is 10.00. The van der Waals surface area contributed by atoms with Crippen molar-refractivity contribution in [1.82, 2.24) is 5.32 Å². The molecule has 1 N–H and O–H groups in total. The van der Waals surface area contributed by atoms with E-state index in [1.165, 1.54) is 17.7 Å². The maximum atomic E-state index is 13.4. The van der Waals surface area contributed by atoms with Crippen LogP contribution in [-0.2, 0) is 6.42 Å². The molecule has 102 valence electrons. The van der Waals surface area contributed by atoms with Gasteiger partial charge < -0.3 is 5.32 Å². The summed E-state index contributed by atoms with van der Waals surface area (Å²) in [5.41, 5.74) is 2.08. The molecule has 0 spiro atoms. The van der Waals surface area contributed by atoms with E-state index in [9.17, 15) is 4.39 Å². The SMILES string of the molecule is CCCNC(Cc1ccsc1)c1cc(F)ccc1Cl.